The maximum absolute atomic E-state index is 12.7. The summed E-state index contributed by atoms with van der Waals surface area (Å²) in [4.78, 5) is 29.6. The van der Waals surface area contributed by atoms with Gasteiger partial charge in [0.1, 0.15) is 0 Å². The Morgan fingerprint density at radius 1 is 1.23 bits per heavy atom. The third-order valence-electron chi connectivity index (χ3n) is 4.06. The van der Waals surface area contributed by atoms with Crippen molar-refractivity contribution >= 4 is 35.0 Å². The average molecular weight is 397 g/mol. The highest BCUT2D eigenvalue weighted by atomic mass is 35.5. The molecule has 0 unspecified atom stereocenters. The molecule has 2 aromatic rings. The van der Waals surface area contributed by atoms with Crippen LogP contribution in [-0.2, 0) is 11.3 Å². The number of ether oxygens (including phenoxy) is 1. The first-order chi connectivity index (χ1) is 12.2. The highest BCUT2D eigenvalue weighted by Crippen LogP contribution is 2.23. The molecule has 140 valence electrons. The lowest BCUT2D eigenvalue weighted by molar-refractivity contribution is 0.0525. The fourth-order valence-corrected chi connectivity index (χ4v) is 3.33. The summed E-state index contributed by atoms with van der Waals surface area (Å²) in [7, 11) is 1.83. The van der Waals surface area contributed by atoms with Crippen molar-refractivity contribution in [2.24, 2.45) is 0 Å². The van der Waals surface area contributed by atoms with Gasteiger partial charge < -0.3 is 9.72 Å². The van der Waals surface area contributed by atoms with E-state index in [4.69, 9.17) is 27.9 Å². The molecule has 26 heavy (non-hydrogen) atoms. The number of likely N-dealkylation sites (N-methyl/N-ethyl adjacent to an activating group) is 1. The zero-order valence-corrected chi connectivity index (χ0v) is 16.8. The zero-order chi connectivity index (χ0) is 19.4. The number of carbonyl (C=O) groups excluding carboxylic acids is 2. The third-order valence-corrected chi connectivity index (χ3v) is 4.65. The molecule has 1 N–H and O–H groups in total. The monoisotopic (exact) mass is 396 g/mol. The lowest BCUT2D eigenvalue weighted by Gasteiger charge is -2.16. The zero-order valence-electron chi connectivity index (χ0n) is 15.3. The van der Waals surface area contributed by atoms with Crippen molar-refractivity contribution in [1.29, 1.82) is 0 Å². The predicted octanol–water partition coefficient (Wildman–Crippen LogP) is 4.43. The summed E-state index contributed by atoms with van der Waals surface area (Å²) in [5, 5.41) is 1.13. The van der Waals surface area contributed by atoms with Crippen LogP contribution < -0.4 is 0 Å². The van der Waals surface area contributed by atoms with Crippen molar-refractivity contribution in [2.75, 3.05) is 20.2 Å². The molecule has 0 aliphatic carbocycles. The van der Waals surface area contributed by atoms with Crippen LogP contribution >= 0.6 is 23.2 Å². The van der Waals surface area contributed by atoms with E-state index in [1.165, 1.54) is 0 Å². The summed E-state index contributed by atoms with van der Waals surface area (Å²) < 4.78 is 5.06. The lowest BCUT2D eigenvalue weighted by atomic mass is 10.1. The molecular formula is C19H22Cl2N2O3. The molecule has 0 saturated carbocycles. The molecule has 0 bridgehead atoms. The van der Waals surface area contributed by atoms with Crippen LogP contribution in [0.25, 0.3) is 0 Å². The minimum atomic E-state index is -0.417. The van der Waals surface area contributed by atoms with Crippen LogP contribution in [0.2, 0.25) is 10.0 Å². The van der Waals surface area contributed by atoms with Gasteiger partial charge in [0.25, 0.3) is 0 Å². The third kappa shape index (κ3) is 4.67. The Hall–Kier alpha value is -1.82. The van der Waals surface area contributed by atoms with Crippen LogP contribution in [0.5, 0.6) is 0 Å². The molecule has 1 aromatic carbocycles. The summed E-state index contributed by atoms with van der Waals surface area (Å²) in [6, 6.07) is 5.29. The number of H-pyrrole nitrogens is 1. The van der Waals surface area contributed by atoms with E-state index in [0.29, 0.717) is 39.1 Å². The maximum Gasteiger partial charge on any atom is 0.340 e. The van der Waals surface area contributed by atoms with Crippen LogP contribution in [0.15, 0.2) is 18.2 Å². The molecule has 0 radical (unpaired) electrons. The highest BCUT2D eigenvalue weighted by molar-refractivity contribution is 6.35. The van der Waals surface area contributed by atoms with Gasteiger partial charge in [-0.1, -0.05) is 29.3 Å². The van der Waals surface area contributed by atoms with Gasteiger partial charge in [-0.2, -0.15) is 0 Å². The fraction of sp³-hybridized carbons (Fsp3) is 0.368. The number of aromatic nitrogens is 1. The van der Waals surface area contributed by atoms with Crippen LogP contribution in [-0.4, -0.2) is 41.8 Å². The van der Waals surface area contributed by atoms with Gasteiger partial charge in [-0.3, -0.25) is 9.69 Å². The topological polar surface area (TPSA) is 62.4 Å². The molecule has 7 heteroatoms. The number of aryl methyl sites for hydroxylation is 1. The Balaban J connectivity index is 2.12. The van der Waals surface area contributed by atoms with Crippen LogP contribution in [0.4, 0.5) is 0 Å². The van der Waals surface area contributed by atoms with Crippen molar-refractivity contribution in [2.45, 2.75) is 27.3 Å². The first-order valence-corrected chi connectivity index (χ1v) is 9.02. The van der Waals surface area contributed by atoms with E-state index in [1.54, 1.807) is 32.9 Å². The minimum Gasteiger partial charge on any atom is -0.462 e. The van der Waals surface area contributed by atoms with Gasteiger partial charge in [-0.25, -0.2) is 4.79 Å². The molecule has 0 saturated heterocycles. The lowest BCUT2D eigenvalue weighted by Crippen LogP contribution is -2.26. The van der Waals surface area contributed by atoms with E-state index in [0.717, 1.165) is 5.56 Å². The molecular weight excluding hydrogens is 375 g/mol. The number of aromatic amines is 1. The van der Waals surface area contributed by atoms with Crippen molar-refractivity contribution in [3.63, 3.8) is 0 Å². The molecule has 0 aliphatic rings. The smallest absolute Gasteiger partial charge is 0.340 e. The number of benzene rings is 1. The molecule has 0 fully saturated rings. The predicted molar refractivity (Wildman–Crippen MR) is 103 cm³/mol. The van der Waals surface area contributed by atoms with Gasteiger partial charge in [0.15, 0.2) is 5.78 Å². The van der Waals surface area contributed by atoms with Gasteiger partial charge in [-0.05, 0) is 51.1 Å². The summed E-state index contributed by atoms with van der Waals surface area (Å²) in [6.07, 6.45) is 0. The van der Waals surface area contributed by atoms with Crippen LogP contribution in [0.3, 0.4) is 0 Å². The molecule has 5 nitrogen and oxygen atoms in total. The van der Waals surface area contributed by atoms with Crippen molar-refractivity contribution in [1.82, 2.24) is 9.88 Å². The van der Waals surface area contributed by atoms with Crippen LogP contribution in [0.1, 0.15) is 44.6 Å². The van der Waals surface area contributed by atoms with E-state index < -0.39 is 5.97 Å². The van der Waals surface area contributed by atoms with Crippen molar-refractivity contribution in [3.05, 3.63) is 56.3 Å². The second-order valence-corrected chi connectivity index (χ2v) is 7.02. The summed E-state index contributed by atoms with van der Waals surface area (Å²) in [6.45, 7) is 6.23. The number of nitrogens with one attached hydrogen (secondary N) is 1. The number of Topliss-reactive ketones (excluding diaryl/α,β-unsaturated/α-hetero) is 1. The first kappa shape index (κ1) is 20.5. The molecule has 0 aliphatic heterocycles. The summed E-state index contributed by atoms with van der Waals surface area (Å²) in [5.41, 5.74) is 2.99. The van der Waals surface area contributed by atoms with Crippen LogP contribution in [0, 0.1) is 13.8 Å². The van der Waals surface area contributed by atoms with Crippen molar-refractivity contribution < 1.29 is 14.3 Å². The maximum atomic E-state index is 12.7. The minimum absolute atomic E-state index is 0.103. The second kappa shape index (κ2) is 8.71. The van der Waals surface area contributed by atoms with Gasteiger partial charge >= 0.3 is 5.97 Å². The molecule has 1 aromatic heterocycles. The molecule has 0 amide bonds. The first-order valence-electron chi connectivity index (χ1n) is 8.26. The molecule has 1 heterocycles. The molecule has 0 atom stereocenters. The highest BCUT2D eigenvalue weighted by Gasteiger charge is 2.23. The Kier molecular flexibility index (Phi) is 6.87. The van der Waals surface area contributed by atoms with Gasteiger partial charge in [0.2, 0.25) is 0 Å². The number of esters is 1. The van der Waals surface area contributed by atoms with Crippen molar-refractivity contribution in [3.8, 4) is 0 Å². The van der Waals surface area contributed by atoms with E-state index in [9.17, 15) is 9.59 Å². The van der Waals surface area contributed by atoms with E-state index in [2.05, 4.69) is 4.98 Å². The number of rotatable bonds is 7. The Labute approximate surface area is 163 Å². The summed E-state index contributed by atoms with van der Waals surface area (Å²) >= 11 is 12.1. The number of carbonyl (C=O) groups is 2. The standard InChI is InChI=1S/C19H22Cl2N2O3/c1-5-26-19(25)17-11(2)18(22-12(17)3)16(24)10-23(4)9-13-6-7-14(20)8-15(13)21/h6-8,22H,5,9-10H2,1-4H3. The number of nitrogens with zero attached hydrogens (tertiary/aromatic N) is 1. The number of ketones is 1. The fourth-order valence-electron chi connectivity index (χ4n) is 2.86. The Morgan fingerprint density at radius 2 is 1.92 bits per heavy atom. The summed E-state index contributed by atoms with van der Waals surface area (Å²) in [5.74, 6) is -0.521. The van der Waals surface area contributed by atoms with Gasteiger partial charge in [0, 0.05) is 22.3 Å². The second-order valence-electron chi connectivity index (χ2n) is 6.18. The van der Waals surface area contributed by atoms with E-state index in [1.807, 2.05) is 18.0 Å². The normalized spacial score (nSPS) is 11.0. The Bertz CT molecular complexity index is 830. The molecule has 2 rings (SSSR count). The molecule has 0 spiro atoms. The average Bonchev–Trinajstić information content (AvgIpc) is 2.85. The van der Waals surface area contributed by atoms with Gasteiger partial charge in [0.05, 0.1) is 24.4 Å². The SMILES string of the molecule is CCOC(=O)c1c(C)[nH]c(C(=O)CN(C)Cc2ccc(Cl)cc2Cl)c1C. The number of hydrogen-bond acceptors (Lipinski definition) is 4. The Morgan fingerprint density at radius 3 is 2.54 bits per heavy atom. The largest absolute Gasteiger partial charge is 0.462 e. The quantitative estimate of drug-likeness (QED) is 0.555. The van der Waals surface area contributed by atoms with E-state index >= 15 is 0 Å². The van der Waals surface area contributed by atoms with E-state index in [-0.39, 0.29) is 18.9 Å². The van der Waals surface area contributed by atoms with Gasteiger partial charge in [-0.15, -0.1) is 0 Å². The number of halogens is 2. The number of hydrogen-bond donors (Lipinski definition) is 1.